The Bertz CT molecular complexity index is 705. The van der Waals surface area contributed by atoms with Crippen LogP contribution in [0, 0.1) is 0 Å². The van der Waals surface area contributed by atoms with Gasteiger partial charge >= 0.3 is 0 Å². The van der Waals surface area contributed by atoms with Crippen LogP contribution in [-0.2, 0) is 10.8 Å². The van der Waals surface area contributed by atoms with Crippen molar-refractivity contribution in [3.05, 3.63) is 65.2 Å². The maximum absolute atomic E-state index is 9.62. The number of oxime groups is 1. The maximum atomic E-state index is 9.62. The normalized spacial score (nSPS) is 13.1. The van der Waals surface area contributed by atoms with Gasteiger partial charge in [-0.3, -0.25) is 0 Å². The van der Waals surface area contributed by atoms with Crippen LogP contribution in [0.5, 0.6) is 0 Å². The molecule has 0 atom stereocenters. The van der Waals surface area contributed by atoms with Crippen LogP contribution in [0.4, 0.5) is 0 Å². The highest BCUT2D eigenvalue weighted by atomic mass is 32.2. The minimum Gasteiger partial charge on any atom is -0.411 e. The second kappa shape index (κ2) is 7.65. The van der Waals surface area contributed by atoms with Crippen molar-refractivity contribution in [3.8, 4) is 0 Å². The lowest BCUT2D eigenvalue weighted by molar-refractivity contribution is 0.319. The Balaban J connectivity index is 2.37. The Morgan fingerprint density at radius 3 is 1.84 bits per heavy atom. The van der Waals surface area contributed by atoms with Crippen LogP contribution in [0.15, 0.2) is 58.6 Å². The van der Waals surface area contributed by atoms with Crippen LogP contribution in [0.3, 0.4) is 0 Å². The van der Waals surface area contributed by atoms with E-state index in [0.717, 1.165) is 5.56 Å². The molecule has 0 radical (unpaired) electrons. The maximum Gasteiger partial charge on any atom is 0.0970 e. The van der Waals surface area contributed by atoms with Gasteiger partial charge in [0.1, 0.15) is 0 Å². The molecule has 0 unspecified atom stereocenters. The molecule has 0 bridgehead atoms. The van der Waals surface area contributed by atoms with Gasteiger partial charge in [-0.1, -0.05) is 71.0 Å². The van der Waals surface area contributed by atoms with Crippen LogP contribution in [0.1, 0.15) is 58.2 Å². The molecule has 0 aromatic heterocycles. The molecule has 1 N–H and O–H groups in total. The number of nitrogens with zero attached hydrogens (tertiary/aromatic N) is 1. The molecule has 3 heteroatoms. The van der Waals surface area contributed by atoms with Crippen molar-refractivity contribution in [1.82, 2.24) is 0 Å². The van der Waals surface area contributed by atoms with Crippen molar-refractivity contribution in [1.29, 1.82) is 0 Å². The van der Waals surface area contributed by atoms with Gasteiger partial charge in [-0.15, -0.1) is 11.8 Å². The summed E-state index contributed by atoms with van der Waals surface area (Å²) < 4.78 is 0. The van der Waals surface area contributed by atoms with E-state index in [1.165, 1.54) is 16.0 Å². The second-order valence-corrected chi connectivity index (χ2v) is 9.50. The van der Waals surface area contributed by atoms with Crippen LogP contribution in [0.25, 0.3) is 0 Å². The Morgan fingerprint density at radius 2 is 1.40 bits per heavy atom. The molecule has 0 saturated heterocycles. The fourth-order valence-electron chi connectivity index (χ4n) is 2.50. The second-order valence-electron chi connectivity index (χ2n) is 8.45. The summed E-state index contributed by atoms with van der Waals surface area (Å²) in [4.78, 5) is 1.17. The lowest BCUT2D eigenvalue weighted by Gasteiger charge is -2.26. The monoisotopic (exact) mass is 355 g/mol. The summed E-state index contributed by atoms with van der Waals surface area (Å²) in [5.41, 5.74) is 4.34. The average Bonchev–Trinajstić information content (AvgIpc) is 2.54. The first-order valence-electron chi connectivity index (χ1n) is 8.66. The van der Waals surface area contributed by atoms with Crippen LogP contribution >= 0.6 is 11.8 Å². The number of hydrogen-bond acceptors (Lipinski definition) is 3. The van der Waals surface area contributed by atoms with E-state index in [1.54, 1.807) is 11.8 Å². The van der Waals surface area contributed by atoms with Gasteiger partial charge in [0.25, 0.3) is 0 Å². The third-order valence-electron chi connectivity index (χ3n) is 4.24. The van der Waals surface area contributed by atoms with Gasteiger partial charge in [0.2, 0.25) is 0 Å². The summed E-state index contributed by atoms with van der Waals surface area (Å²) in [5, 5.41) is 13.2. The van der Waals surface area contributed by atoms with E-state index in [4.69, 9.17) is 0 Å². The molecule has 2 aromatic carbocycles. The highest BCUT2D eigenvalue weighted by molar-refractivity contribution is 8.00. The van der Waals surface area contributed by atoms with E-state index in [1.807, 2.05) is 18.2 Å². The minimum atomic E-state index is 0.0448. The van der Waals surface area contributed by atoms with Gasteiger partial charge in [0.15, 0.2) is 0 Å². The average molecular weight is 356 g/mol. The third kappa shape index (κ3) is 5.37. The smallest absolute Gasteiger partial charge is 0.0970 e. The summed E-state index contributed by atoms with van der Waals surface area (Å²) in [6.07, 6.45) is 0. The summed E-state index contributed by atoms with van der Waals surface area (Å²) >= 11 is 1.68. The lowest BCUT2D eigenvalue weighted by Crippen LogP contribution is -2.18. The Kier molecular flexibility index (Phi) is 5.99. The molecule has 0 aliphatic rings. The number of rotatable bonds is 4. The molecule has 2 nitrogen and oxygen atoms in total. The van der Waals surface area contributed by atoms with E-state index in [0.29, 0.717) is 11.5 Å². The van der Waals surface area contributed by atoms with Crippen LogP contribution < -0.4 is 0 Å². The highest BCUT2D eigenvalue weighted by Crippen LogP contribution is 2.31. The summed E-state index contributed by atoms with van der Waals surface area (Å²) in [7, 11) is 0. The molecule has 2 rings (SSSR count). The molecule has 0 amide bonds. The molecular weight excluding hydrogens is 326 g/mol. The summed E-state index contributed by atoms with van der Waals surface area (Å²) in [5.74, 6) is 0.637. The molecule has 2 aromatic rings. The van der Waals surface area contributed by atoms with Crippen LogP contribution in [-0.4, -0.2) is 16.7 Å². The van der Waals surface area contributed by atoms with Crippen molar-refractivity contribution < 1.29 is 5.21 Å². The molecule has 134 valence electrons. The fraction of sp³-hybridized carbons (Fsp3) is 0.409. The zero-order chi connectivity index (χ0) is 18.7. The van der Waals surface area contributed by atoms with Crippen molar-refractivity contribution in [2.24, 2.45) is 5.16 Å². The van der Waals surface area contributed by atoms with Crippen molar-refractivity contribution in [3.63, 3.8) is 0 Å². The molecule has 25 heavy (non-hydrogen) atoms. The quantitative estimate of drug-likeness (QED) is 0.304. The first-order chi connectivity index (χ1) is 11.6. The number of thioether (sulfide) groups is 1. The first-order valence-corrected chi connectivity index (χ1v) is 9.65. The summed E-state index contributed by atoms with van der Waals surface area (Å²) in [6, 6.07) is 16.8. The largest absolute Gasteiger partial charge is 0.411 e. The van der Waals surface area contributed by atoms with Gasteiger partial charge < -0.3 is 5.21 Å². The van der Waals surface area contributed by atoms with Crippen molar-refractivity contribution in [2.75, 3.05) is 5.75 Å². The zero-order valence-electron chi connectivity index (χ0n) is 16.1. The van der Waals surface area contributed by atoms with Gasteiger partial charge in [-0.05, 0) is 46.2 Å². The molecular formula is C22H29NOS. The third-order valence-corrected chi connectivity index (χ3v) is 5.26. The lowest BCUT2D eigenvalue weighted by atomic mass is 9.79. The molecule has 0 spiro atoms. The van der Waals surface area contributed by atoms with E-state index in [2.05, 4.69) is 77.0 Å². The fourth-order valence-corrected chi connectivity index (χ4v) is 3.38. The van der Waals surface area contributed by atoms with Crippen LogP contribution in [0.2, 0.25) is 0 Å². The highest BCUT2D eigenvalue weighted by Gasteiger charge is 2.22. The minimum absolute atomic E-state index is 0.0448. The predicted octanol–water partition coefficient (Wildman–Crippen LogP) is 6.25. The summed E-state index contributed by atoms with van der Waals surface area (Å²) in [6.45, 7) is 13.3. The topological polar surface area (TPSA) is 32.6 Å². The number of benzene rings is 2. The molecule has 0 heterocycles. The Hall–Kier alpha value is -1.74. The van der Waals surface area contributed by atoms with Crippen molar-refractivity contribution in [2.45, 2.75) is 57.3 Å². The standard InChI is InChI=1S/C22H29NOS/c1-21(2,3)17-12-16(13-18(14-17)22(4,5)6)20(23-24)15-25-19-10-8-7-9-11-19/h7-14,24H,15H2,1-6H3/b23-20-. The van der Waals surface area contributed by atoms with Crippen molar-refractivity contribution >= 4 is 17.5 Å². The van der Waals surface area contributed by atoms with Gasteiger partial charge in [-0.25, -0.2) is 0 Å². The van der Waals surface area contributed by atoms with E-state index < -0.39 is 0 Å². The van der Waals surface area contributed by atoms with E-state index in [-0.39, 0.29) is 10.8 Å². The molecule has 0 aliphatic heterocycles. The molecule has 0 fully saturated rings. The van der Waals surface area contributed by atoms with E-state index >= 15 is 0 Å². The van der Waals surface area contributed by atoms with Gasteiger partial charge in [-0.2, -0.15) is 0 Å². The van der Waals surface area contributed by atoms with Gasteiger partial charge in [0, 0.05) is 16.2 Å². The molecule has 0 saturated carbocycles. The SMILES string of the molecule is CC(C)(C)c1cc(/C(CSc2ccccc2)=N\O)cc(C(C)(C)C)c1. The number of hydrogen-bond donors (Lipinski definition) is 1. The zero-order valence-corrected chi connectivity index (χ0v) is 16.9. The Labute approximate surface area is 156 Å². The first kappa shape index (κ1) is 19.6. The molecule has 0 aliphatic carbocycles. The predicted molar refractivity (Wildman–Crippen MR) is 109 cm³/mol. The van der Waals surface area contributed by atoms with Gasteiger partial charge in [0.05, 0.1) is 5.71 Å². The van der Waals surface area contributed by atoms with E-state index in [9.17, 15) is 5.21 Å². The Morgan fingerprint density at radius 1 is 0.880 bits per heavy atom.